The SMILES string of the molecule is C=C(C(=O)O)c1ccc2ccccc2[n+]1CC(=O)c1ccccc1.FC(F)(F)c1cc([B-](c2cc(C(F)(F)F)cc(C(F)(F)F)c2)(c2cc(C(F)(F)F)cc(C(F)(F)F)c2)c2cc(C(F)(F)F)cc(C(F)(F)F)c2)cc(C(F)(F)F)c1. The van der Waals surface area contributed by atoms with Crippen LogP contribution in [0.2, 0.25) is 0 Å². The number of nitrogens with zero attached hydrogens (tertiary/aromatic N) is 1. The number of benzene rings is 6. The van der Waals surface area contributed by atoms with E-state index in [2.05, 4.69) is 6.58 Å². The number of carboxylic acid groups (broad SMARTS) is 1. The molecule has 0 aliphatic heterocycles. The number of hydrogen-bond donors (Lipinski definition) is 1. The van der Waals surface area contributed by atoms with Gasteiger partial charge in [0, 0.05) is 23.1 Å². The third kappa shape index (κ3) is 13.8. The summed E-state index contributed by atoms with van der Waals surface area (Å²) in [6.07, 6.45) is -54.8. The second-order valence-electron chi connectivity index (χ2n) is 17.7. The molecule has 0 fully saturated rings. The van der Waals surface area contributed by atoms with Crippen LogP contribution in [0.3, 0.4) is 0 Å². The molecule has 0 aliphatic rings. The van der Waals surface area contributed by atoms with Gasteiger partial charge in [0.1, 0.15) is 11.7 Å². The number of ketones is 1. The minimum atomic E-state index is -6.13. The zero-order valence-corrected chi connectivity index (χ0v) is 39.6. The molecule has 0 radical (unpaired) electrons. The Morgan fingerprint density at radius 2 is 0.654 bits per heavy atom. The van der Waals surface area contributed by atoms with Gasteiger partial charge in [0.15, 0.2) is 0 Å². The molecule has 430 valence electrons. The Morgan fingerprint density at radius 3 is 0.926 bits per heavy atom. The maximum absolute atomic E-state index is 14.2. The van der Waals surface area contributed by atoms with E-state index in [-0.39, 0.29) is 17.9 Å². The quantitative estimate of drug-likeness (QED) is 0.0515. The number of halogens is 24. The van der Waals surface area contributed by atoms with E-state index < -0.39 is 201 Å². The van der Waals surface area contributed by atoms with Crippen molar-refractivity contribution in [3.63, 3.8) is 0 Å². The zero-order valence-electron chi connectivity index (χ0n) is 39.6. The van der Waals surface area contributed by atoms with Crippen molar-refractivity contribution in [1.82, 2.24) is 0 Å². The largest absolute Gasteiger partial charge is 0.477 e. The first-order valence-corrected chi connectivity index (χ1v) is 22.1. The van der Waals surface area contributed by atoms with Crippen molar-refractivity contribution in [2.45, 2.75) is 56.0 Å². The van der Waals surface area contributed by atoms with E-state index in [0.29, 0.717) is 11.3 Å². The average molecular weight is 1180 g/mol. The minimum Gasteiger partial charge on any atom is -0.477 e. The first-order chi connectivity index (χ1) is 36.8. The number of fused-ring (bicyclic) bond motifs is 1. The smallest absolute Gasteiger partial charge is 0.416 e. The molecular formula is C52H28BF24NO3. The van der Waals surface area contributed by atoms with Gasteiger partial charge in [0.05, 0.1) is 44.5 Å². The van der Waals surface area contributed by atoms with Crippen LogP contribution in [0, 0.1) is 0 Å². The molecule has 6 aromatic carbocycles. The maximum atomic E-state index is 14.2. The Balaban J connectivity index is 0.000000363. The highest BCUT2D eigenvalue weighted by Crippen LogP contribution is 2.41. The fourth-order valence-corrected chi connectivity index (χ4v) is 8.74. The number of carbonyl (C=O) groups excluding carboxylic acids is 1. The van der Waals surface area contributed by atoms with Crippen LogP contribution in [0.15, 0.2) is 146 Å². The minimum absolute atomic E-state index is 0.0402. The van der Waals surface area contributed by atoms with Gasteiger partial charge in [-0.3, -0.25) is 4.79 Å². The number of aromatic nitrogens is 1. The molecule has 7 aromatic rings. The number of alkyl halides is 24. The van der Waals surface area contributed by atoms with Crippen molar-refractivity contribution in [3.8, 4) is 0 Å². The van der Waals surface area contributed by atoms with Gasteiger partial charge in [-0.15, -0.1) is 0 Å². The van der Waals surface area contributed by atoms with Gasteiger partial charge in [-0.1, -0.05) is 97.6 Å². The molecule has 81 heavy (non-hydrogen) atoms. The third-order valence-electron chi connectivity index (χ3n) is 12.3. The predicted molar refractivity (Wildman–Crippen MR) is 242 cm³/mol. The summed E-state index contributed by atoms with van der Waals surface area (Å²) in [7, 11) is 0. The topological polar surface area (TPSA) is 58.2 Å². The van der Waals surface area contributed by atoms with E-state index in [9.17, 15) is 120 Å². The lowest BCUT2D eigenvalue weighted by atomic mass is 9.12. The van der Waals surface area contributed by atoms with Crippen LogP contribution >= 0.6 is 0 Å². The second kappa shape index (κ2) is 21.5. The Bertz CT molecular complexity index is 3090. The van der Waals surface area contributed by atoms with Crippen molar-refractivity contribution in [2.24, 2.45) is 0 Å². The van der Waals surface area contributed by atoms with E-state index in [1.54, 1.807) is 34.9 Å². The lowest BCUT2D eigenvalue weighted by molar-refractivity contribution is -0.659. The molecule has 1 aromatic heterocycles. The second-order valence-corrected chi connectivity index (χ2v) is 17.7. The van der Waals surface area contributed by atoms with Crippen LogP contribution in [0.25, 0.3) is 16.5 Å². The fraction of sp³-hybridized carbons (Fsp3) is 0.173. The monoisotopic (exact) mass is 1180 g/mol. The fourth-order valence-electron chi connectivity index (χ4n) is 8.74. The van der Waals surface area contributed by atoms with Crippen molar-refractivity contribution in [3.05, 3.63) is 202 Å². The standard InChI is InChI=1S/C32H12BF24.C20H15NO3/c34-25(35,36)13-1-14(26(37,38)39)6-21(5-13)33(22-7-15(27(40,41)42)2-16(8-22)28(43,44)45,23-9-17(29(46,47)48)3-18(10-23)30(49,50)51)24-11-19(31(52,53)54)4-20(12-24)32(55,56)57;1-14(20(23)24)17-12-11-15-7-5-6-10-18(15)21(17)13-19(22)16-8-3-2-4-9-16/h1-12H;2-12H,1,13H2/q-1;/p+1. The molecule has 29 heteroatoms. The molecule has 7 rings (SSSR count). The summed E-state index contributed by atoms with van der Waals surface area (Å²) in [5.41, 5.74) is -28.4. The predicted octanol–water partition coefficient (Wildman–Crippen LogP) is 14.3. The molecule has 1 N–H and O–H groups in total. The zero-order chi connectivity index (χ0) is 61.0. The number of carbonyl (C=O) groups is 2. The molecule has 0 bridgehead atoms. The molecule has 0 amide bonds. The highest BCUT2D eigenvalue weighted by atomic mass is 19.4. The molecule has 0 saturated carbocycles. The molecule has 0 spiro atoms. The summed E-state index contributed by atoms with van der Waals surface area (Å²) >= 11 is 0. The molecule has 0 aliphatic carbocycles. The van der Waals surface area contributed by atoms with E-state index >= 15 is 0 Å². The molecule has 1 heterocycles. The van der Waals surface area contributed by atoms with Crippen LogP contribution < -0.4 is 26.4 Å². The number of para-hydroxylation sites is 1. The molecular weight excluding hydrogens is 1150 g/mol. The first kappa shape index (κ1) is 62.2. The van der Waals surface area contributed by atoms with E-state index in [4.69, 9.17) is 0 Å². The Morgan fingerprint density at radius 1 is 0.383 bits per heavy atom. The molecule has 0 saturated heterocycles. The summed E-state index contributed by atoms with van der Waals surface area (Å²) in [6, 6.07) is 11.2. The summed E-state index contributed by atoms with van der Waals surface area (Å²) in [5, 5.41) is 10.2. The lowest BCUT2D eigenvalue weighted by Crippen LogP contribution is -2.75. The number of carboxylic acids is 1. The number of hydrogen-bond acceptors (Lipinski definition) is 2. The van der Waals surface area contributed by atoms with E-state index in [1.807, 2.05) is 36.4 Å². The Labute approximate surface area is 438 Å². The highest BCUT2D eigenvalue weighted by molar-refractivity contribution is 7.20. The Hall–Kier alpha value is -8.01. The normalized spacial score (nSPS) is 13.2. The van der Waals surface area contributed by atoms with Gasteiger partial charge >= 0.3 is 55.4 Å². The summed E-state index contributed by atoms with van der Waals surface area (Å²) in [4.78, 5) is 24.0. The van der Waals surface area contributed by atoms with Crippen LogP contribution in [0.1, 0.15) is 60.6 Å². The first-order valence-electron chi connectivity index (χ1n) is 22.1. The van der Waals surface area contributed by atoms with Gasteiger partial charge in [-0.2, -0.15) is 132 Å². The van der Waals surface area contributed by atoms with Gasteiger partial charge in [0.2, 0.25) is 23.5 Å². The summed E-state index contributed by atoms with van der Waals surface area (Å²) in [5.74, 6) is -1.19. The number of pyridine rings is 1. The molecule has 0 unspecified atom stereocenters. The van der Waals surface area contributed by atoms with Crippen LogP contribution in [0.5, 0.6) is 0 Å². The van der Waals surface area contributed by atoms with Gasteiger partial charge in [-0.25, -0.2) is 4.79 Å². The summed E-state index contributed by atoms with van der Waals surface area (Å²) < 4.78 is 343. The van der Waals surface area contributed by atoms with E-state index in [1.165, 1.54) is 0 Å². The van der Waals surface area contributed by atoms with Crippen molar-refractivity contribution >= 4 is 56.2 Å². The van der Waals surface area contributed by atoms with Crippen molar-refractivity contribution in [1.29, 1.82) is 0 Å². The van der Waals surface area contributed by atoms with E-state index in [0.717, 1.165) is 10.9 Å². The summed E-state index contributed by atoms with van der Waals surface area (Å²) in [6.45, 7) is 3.69. The van der Waals surface area contributed by atoms with Crippen molar-refractivity contribution in [2.75, 3.05) is 0 Å². The van der Waals surface area contributed by atoms with Gasteiger partial charge in [-0.05, 0) is 36.4 Å². The maximum Gasteiger partial charge on any atom is 0.416 e. The number of rotatable bonds is 9. The molecule has 0 atom stereocenters. The number of Topliss-reactive ketones (excluding diaryl/α,β-unsaturated/α-hetero) is 1. The van der Waals surface area contributed by atoms with Crippen LogP contribution in [-0.2, 0) is 60.7 Å². The van der Waals surface area contributed by atoms with Crippen molar-refractivity contribution < 1.29 is 125 Å². The van der Waals surface area contributed by atoms with Crippen LogP contribution in [-0.4, -0.2) is 23.0 Å². The average Bonchev–Trinajstić information content (AvgIpc) is 3.56. The third-order valence-corrected chi connectivity index (χ3v) is 12.3. The lowest BCUT2D eigenvalue weighted by Gasteiger charge is -2.46. The Kier molecular flexibility index (Phi) is 16.5. The van der Waals surface area contributed by atoms with Crippen LogP contribution in [0.4, 0.5) is 105 Å². The molecule has 4 nitrogen and oxygen atoms in total. The highest BCUT2D eigenvalue weighted by Gasteiger charge is 2.47. The van der Waals surface area contributed by atoms with Gasteiger partial charge in [0.25, 0.3) is 0 Å². The van der Waals surface area contributed by atoms with Gasteiger partial charge < -0.3 is 5.11 Å². The number of aliphatic carboxylic acids is 1.